The number of quaternary nitrogens is 1. The molecule has 5 heteroatoms. The normalized spacial score (nSPS) is 14.7. The Hall–Kier alpha value is -0.910. The lowest BCUT2D eigenvalue weighted by Gasteiger charge is -2.27. The van der Waals surface area contributed by atoms with E-state index in [1.165, 1.54) is 0 Å². The Morgan fingerprint density at radius 3 is 1.53 bits per heavy atom. The van der Waals surface area contributed by atoms with Gasteiger partial charge in [-0.2, -0.15) is 0 Å². The van der Waals surface area contributed by atoms with Crippen LogP contribution in [0, 0.1) is 0 Å². The minimum atomic E-state index is -4.28. The molecule has 4 nitrogen and oxygen atoms in total. The lowest BCUT2D eigenvalue weighted by Crippen LogP contribution is -2.36. The molecule has 0 amide bonds. The third-order valence-corrected chi connectivity index (χ3v) is 2.43. The molecule has 15 heavy (non-hydrogen) atoms. The Kier molecular flexibility index (Phi) is 5.49. The molecule has 0 bridgehead atoms. The van der Waals surface area contributed by atoms with Crippen molar-refractivity contribution in [1.29, 1.82) is 0 Å². The first-order valence-corrected chi connectivity index (χ1v) is 6.19. The van der Waals surface area contributed by atoms with Crippen LogP contribution in [-0.4, -0.2) is 23.3 Å². The molecule has 0 saturated carbocycles. The van der Waals surface area contributed by atoms with Crippen molar-refractivity contribution in [2.45, 2.75) is 20.8 Å². The van der Waals surface area contributed by atoms with Crippen LogP contribution in [-0.2, 0) is 10.1 Å². The zero-order valence-corrected chi connectivity index (χ0v) is 10.1. The molecule has 0 unspecified atom stereocenters. The zero-order chi connectivity index (χ0) is 11.9. The van der Waals surface area contributed by atoms with E-state index in [0.29, 0.717) is 0 Å². The lowest BCUT2D eigenvalue weighted by atomic mass is 10.4. The Morgan fingerprint density at radius 1 is 1.00 bits per heavy atom. The van der Waals surface area contributed by atoms with Crippen LogP contribution in [0.3, 0.4) is 0 Å². The van der Waals surface area contributed by atoms with Crippen LogP contribution >= 0.6 is 0 Å². The van der Waals surface area contributed by atoms with Crippen LogP contribution in [0.2, 0.25) is 0 Å². The van der Waals surface area contributed by atoms with Crippen molar-refractivity contribution in [1.82, 2.24) is 0 Å². The summed E-state index contributed by atoms with van der Waals surface area (Å²) in [6, 6.07) is 0. The molecule has 0 aliphatic carbocycles. The van der Waals surface area contributed by atoms with Gasteiger partial charge in [0.05, 0.1) is 0 Å². The Balaban J connectivity index is 5.31. The maximum Gasteiger partial charge on any atom is 0.181 e. The molecule has 0 atom stereocenters. The monoisotopic (exact) mass is 231 g/mol. The minimum absolute atomic E-state index is 0.102. The van der Waals surface area contributed by atoms with Crippen molar-refractivity contribution in [2.75, 3.05) is 5.88 Å². The third-order valence-electron chi connectivity index (χ3n) is 1.66. The second-order valence-corrected chi connectivity index (χ2v) is 4.50. The van der Waals surface area contributed by atoms with Gasteiger partial charge in [-0.1, -0.05) is 0 Å². The van der Waals surface area contributed by atoms with E-state index in [1.807, 2.05) is 0 Å². The van der Waals surface area contributed by atoms with Gasteiger partial charge >= 0.3 is 0 Å². The van der Waals surface area contributed by atoms with Gasteiger partial charge in [-0.05, 0) is 39.0 Å². The summed E-state index contributed by atoms with van der Waals surface area (Å²) in [4.78, 5) is 0. The molecule has 0 N–H and O–H groups in total. The fraction of sp³-hybridized carbons (Fsp3) is 0.400. The van der Waals surface area contributed by atoms with Crippen molar-refractivity contribution < 1.29 is 17.5 Å². The molecule has 0 saturated heterocycles. The van der Waals surface area contributed by atoms with Crippen molar-refractivity contribution in [2.24, 2.45) is 0 Å². The average molecular weight is 231 g/mol. The van der Waals surface area contributed by atoms with Crippen LogP contribution in [0.15, 0.2) is 36.8 Å². The minimum Gasteiger partial charge on any atom is -0.744 e. The Labute approximate surface area is 91.6 Å². The van der Waals surface area contributed by atoms with Crippen LogP contribution in [0.25, 0.3) is 0 Å². The maximum atomic E-state index is 10.8. The van der Waals surface area contributed by atoms with Gasteiger partial charge in [-0.25, -0.2) is 12.9 Å². The highest BCUT2D eigenvalue weighted by Gasteiger charge is 2.21. The summed E-state index contributed by atoms with van der Waals surface area (Å²) >= 11 is 0. The predicted octanol–water partition coefficient (Wildman–Crippen LogP) is 1.91. The van der Waals surface area contributed by atoms with Gasteiger partial charge in [0.25, 0.3) is 0 Å². The van der Waals surface area contributed by atoms with E-state index in [9.17, 15) is 13.0 Å². The molecule has 0 spiro atoms. The summed E-state index contributed by atoms with van der Waals surface area (Å²) < 4.78 is 32.3. The molecule has 0 aromatic carbocycles. The molecule has 0 aliphatic heterocycles. The van der Waals surface area contributed by atoms with Gasteiger partial charge in [0.1, 0.15) is 28.7 Å². The zero-order valence-electron chi connectivity index (χ0n) is 9.25. The van der Waals surface area contributed by atoms with E-state index in [4.69, 9.17) is 0 Å². The number of allylic oxidation sites excluding steroid dienone is 3. The summed E-state index contributed by atoms with van der Waals surface area (Å²) in [7, 11) is -4.28. The van der Waals surface area contributed by atoms with Gasteiger partial charge in [-0.15, -0.1) is 0 Å². The first kappa shape index (κ1) is 14.1. The lowest BCUT2D eigenvalue weighted by molar-refractivity contribution is -0.759. The molecule has 0 rings (SSSR count). The molecule has 0 fully saturated rings. The van der Waals surface area contributed by atoms with E-state index in [0.717, 1.165) is 0 Å². The van der Waals surface area contributed by atoms with Gasteiger partial charge in [0, 0.05) is 0 Å². The van der Waals surface area contributed by atoms with Gasteiger partial charge in [-0.3, -0.25) is 0 Å². The predicted molar refractivity (Wildman–Crippen MR) is 59.3 cm³/mol. The second kappa shape index (κ2) is 5.85. The van der Waals surface area contributed by atoms with E-state index >= 15 is 0 Å². The summed E-state index contributed by atoms with van der Waals surface area (Å²) in [5, 5.41) is 0. The van der Waals surface area contributed by atoms with Crippen LogP contribution in [0.1, 0.15) is 20.8 Å². The number of nitrogens with zero attached hydrogens (tertiary/aromatic N) is 1. The van der Waals surface area contributed by atoms with Crippen molar-refractivity contribution in [3.8, 4) is 0 Å². The molecule has 0 radical (unpaired) electrons. The summed E-state index contributed by atoms with van der Waals surface area (Å²) in [5.41, 5.74) is 0. The number of hydrogen-bond acceptors (Lipinski definition) is 3. The highest BCUT2D eigenvalue weighted by atomic mass is 32.2. The van der Waals surface area contributed by atoms with Crippen LogP contribution in [0.5, 0.6) is 0 Å². The summed E-state index contributed by atoms with van der Waals surface area (Å²) in [6.45, 7) is 5.33. The fourth-order valence-corrected chi connectivity index (χ4v) is 2.19. The van der Waals surface area contributed by atoms with E-state index in [-0.39, 0.29) is 4.48 Å². The molecule has 0 aromatic rings. The van der Waals surface area contributed by atoms with Crippen molar-refractivity contribution >= 4 is 10.1 Å². The highest BCUT2D eigenvalue weighted by molar-refractivity contribution is 7.85. The number of hydrogen-bond donors (Lipinski definition) is 0. The summed E-state index contributed by atoms with van der Waals surface area (Å²) in [6.07, 6.45) is 10.1. The first-order valence-electron chi connectivity index (χ1n) is 4.61. The van der Waals surface area contributed by atoms with Crippen LogP contribution in [0.4, 0.5) is 0 Å². The topological polar surface area (TPSA) is 57.2 Å². The van der Waals surface area contributed by atoms with Gasteiger partial charge in [0.15, 0.2) is 5.88 Å². The SMILES string of the molecule is C/C=C/[N+](/C=C/C)(/C=C/C)CS(=O)(=O)[O-]. The van der Waals surface area contributed by atoms with Gasteiger partial charge in [0.2, 0.25) is 0 Å². The standard InChI is InChI=1S/C10H17NO3S/c1-4-7-11(8-5-2,9-6-3)10-15(12,13)14/h4-9H,10H2,1-3H3/b7-4+,8-5+,9-6+. The summed E-state index contributed by atoms with van der Waals surface area (Å²) in [5.74, 6) is -0.508. The van der Waals surface area contributed by atoms with E-state index in [1.54, 1.807) is 57.6 Å². The molecule has 0 aliphatic rings. The fourth-order valence-electron chi connectivity index (χ4n) is 1.38. The Bertz CT molecular complexity index is 335. The van der Waals surface area contributed by atoms with Crippen LogP contribution < -0.4 is 0 Å². The molecular weight excluding hydrogens is 214 g/mol. The Morgan fingerprint density at radius 2 is 1.33 bits per heavy atom. The average Bonchev–Trinajstić information content (AvgIpc) is 2.01. The smallest absolute Gasteiger partial charge is 0.181 e. The van der Waals surface area contributed by atoms with E-state index < -0.39 is 16.0 Å². The molecule has 0 heterocycles. The molecular formula is C10H17NO3S. The largest absolute Gasteiger partial charge is 0.744 e. The quantitative estimate of drug-likeness (QED) is 0.536. The highest BCUT2D eigenvalue weighted by Crippen LogP contribution is 2.14. The molecule has 0 aromatic heterocycles. The first-order chi connectivity index (χ1) is 6.89. The third kappa shape index (κ3) is 5.51. The van der Waals surface area contributed by atoms with Crippen molar-refractivity contribution in [3.05, 3.63) is 36.8 Å². The number of rotatable bonds is 5. The second-order valence-electron chi connectivity index (χ2n) is 3.13. The van der Waals surface area contributed by atoms with Crippen molar-refractivity contribution in [3.63, 3.8) is 0 Å². The maximum absolute atomic E-state index is 10.8. The molecule has 86 valence electrons. The van der Waals surface area contributed by atoms with E-state index in [2.05, 4.69) is 0 Å². The van der Waals surface area contributed by atoms with Gasteiger partial charge < -0.3 is 4.55 Å².